The van der Waals surface area contributed by atoms with Gasteiger partial charge in [-0.05, 0) is 35.4 Å². The Morgan fingerprint density at radius 2 is 1.71 bits per heavy atom. The van der Waals surface area contributed by atoms with Crippen molar-refractivity contribution in [3.63, 3.8) is 0 Å². The van der Waals surface area contributed by atoms with Crippen LogP contribution in [0.5, 0.6) is 5.75 Å². The van der Waals surface area contributed by atoms with Gasteiger partial charge in [0.2, 0.25) is 11.8 Å². The third-order valence-electron chi connectivity index (χ3n) is 6.99. The minimum Gasteiger partial charge on any atom is -0.434 e. The van der Waals surface area contributed by atoms with Gasteiger partial charge in [0.25, 0.3) is 5.91 Å². The number of fused-ring (bicyclic) bond motifs is 2. The normalized spacial score (nSPS) is 16.3. The number of ether oxygens (including phenoxy) is 1. The summed E-state index contributed by atoms with van der Waals surface area (Å²) in [6, 6.07) is 15.2. The van der Waals surface area contributed by atoms with Crippen molar-refractivity contribution in [1.82, 2.24) is 5.32 Å². The number of rotatable bonds is 9. The SMILES string of the molecule is CC[C@@H](C)C(=O)N[C@H]1CN(C(=O)CS(C)(=O)=O)c2ccccc2N(Cc2c(OC(F)F)ccc3ccccc23)C1=O. The Morgan fingerprint density at radius 3 is 2.37 bits per heavy atom. The van der Waals surface area contributed by atoms with Gasteiger partial charge in [0, 0.05) is 17.7 Å². The first-order valence-corrected chi connectivity index (χ1v) is 15.1. The van der Waals surface area contributed by atoms with Crippen LogP contribution in [0.15, 0.2) is 60.7 Å². The third-order valence-corrected chi connectivity index (χ3v) is 7.76. The van der Waals surface area contributed by atoms with Gasteiger partial charge in [-0.15, -0.1) is 0 Å². The molecule has 1 heterocycles. The monoisotopic (exact) mass is 587 g/mol. The molecule has 0 aromatic heterocycles. The predicted octanol–water partition coefficient (Wildman–Crippen LogP) is 3.90. The van der Waals surface area contributed by atoms with E-state index in [0.717, 1.165) is 11.6 Å². The van der Waals surface area contributed by atoms with E-state index in [0.29, 0.717) is 17.4 Å². The zero-order valence-electron chi connectivity index (χ0n) is 22.8. The van der Waals surface area contributed by atoms with Gasteiger partial charge in [0.15, 0.2) is 9.84 Å². The Labute approximate surface area is 237 Å². The maximum atomic E-state index is 14.1. The minimum absolute atomic E-state index is 0.126. The second-order valence-electron chi connectivity index (χ2n) is 10.00. The Hall–Kier alpha value is -4.06. The minimum atomic E-state index is -3.73. The van der Waals surface area contributed by atoms with Crippen molar-refractivity contribution in [3.05, 3.63) is 66.2 Å². The molecule has 41 heavy (non-hydrogen) atoms. The highest BCUT2D eigenvalue weighted by atomic mass is 32.2. The summed E-state index contributed by atoms with van der Waals surface area (Å²) in [4.78, 5) is 42.8. The van der Waals surface area contributed by atoms with Gasteiger partial charge in [0.05, 0.1) is 24.5 Å². The summed E-state index contributed by atoms with van der Waals surface area (Å²) in [6.07, 6.45) is 1.43. The number of carbonyl (C=O) groups is 3. The van der Waals surface area contributed by atoms with Gasteiger partial charge in [-0.3, -0.25) is 14.4 Å². The Morgan fingerprint density at radius 1 is 1.05 bits per heavy atom. The van der Waals surface area contributed by atoms with E-state index < -0.39 is 51.9 Å². The molecule has 0 fully saturated rings. The fraction of sp³-hybridized carbons (Fsp3) is 0.345. The molecule has 2 atom stereocenters. The van der Waals surface area contributed by atoms with E-state index in [1.54, 1.807) is 61.5 Å². The zero-order chi connectivity index (χ0) is 29.9. The largest absolute Gasteiger partial charge is 0.434 e. The fourth-order valence-corrected chi connectivity index (χ4v) is 5.34. The summed E-state index contributed by atoms with van der Waals surface area (Å²) in [5, 5.41) is 4.02. The van der Waals surface area contributed by atoms with Crippen LogP contribution in [-0.2, 0) is 30.8 Å². The first-order chi connectivity index (χ1) is 19.4. The van der Waals surface area contributed by atoms with Gasteiger partial charge in [-0.25, -0.2) is 8.42 Å². The molecule has 3 aromatic rings. The van der Waals surface area contributed by atoms with Crippen LogP contribution in [0.3, 0.4) is 0 Å². The molecule has 0 bridgehead atoms. The Kier molecular flexibility index (Phi) is 8.91. The van der Waals surface area contributed by atoms with E-state index in [1.165, 1.54) is 15.9 Å². The molecule has 1 aliphatic rings. The van der Waals surface area contributed by atoms with E-state index in [2.05, 4.69) is 5.32 Å². The van der Waals surface area contributed by atoms with Crippen molar-refractivity contribution in [2.75, 3.05) is 28.4 Å². The molecule has 0 unspecified atom stereocenters. The lowest BCUT2D eigenvalue weighted by Crippen LogP contribution is -2.54. The molecule has 0 aliphatic carbocycles. The van der Waals surface area contributed by atoms with Gasteiger partial charge in [0.1, 0.15) is 17.5 Å². The number of alkyl halides is 2. The number of nitrogens with zero attached hydrogens (tertiary/aromatic N) is 2. The van der Waals surface area contributed by atoms with Gasteiger partial charge in [-0.1, -0.05) is 56.3 Å². The average Bonchev–Trinajstić information content (AvgIpc) is 3.03. The molecular formula is C29H31F2N3O6S. The summed E-state index contributed by atoms with van der Waals surface area (Å²) < 4.78 is 55.7. The Bertz CT molecular complexity index is 1580. The number of halogens is 2. The molecule has 12 heteroatoms. The molecule has 3 aromatic carbocycles. The van der Waals surface area contributed by atoms with Gasteiger partial charge < -0.3 is 19.9 Å². The highest BCUT2D eigenvalue weighted by Gasteiger charge is 2.38. The number of amides is 3. The van der Waals surface area contributed by atoms with Crippen molar-refractivity contribution >= 4 is 49.7 Å². The van der Waals surface area contributed by atoms with Crippen molar-refractivity contribution in [2.45, 2.75) is 39.5 Å². The van der Waals surface area contributed by atoms with Crippen LogP contribution in [0.4, 0.5) is 20.2 Å². The van der Waals surface area contributed by atoms with Crippen LogP contribution in [0.25, 0.3) is 10.8 Å². The highest BCUT2D eigenvalue weighted by molar-refractivity contribution is 7.91. The summed E-state index contributed by atoms with van der Waals surface area (Å²) in [5.41, 5.74) is 0.788. The number of carbonyl (C=O) groups excluding carboxylic acids is 3. The second-order valence-corrected chi connectivity index (χ2v) is 12.1. The lowest BCUT2D eigenvalue weighted by atomic mass is 10.0. The molecule has 1 N–H and O–H groups in total. The molecule has 0 saturated heterocycles. The first kappa shape index (κ1) is 29.9. The van der Waals surface area contributed by atoms with Crippen molar-refractivity contribution in [3.8, 4) is 5.75 Å². The smallest absolute Gasteiger partial charge is 0.387 e. The summed E-state index contributed by atoms with van der Waals surface area (Å²) in [5.74, 6) is -3.16. The molecule has 3 amide bonds. The number of para-hydroxylation sites is 2. The van der Waals surface area contributed by atoms with Crippen molar-refractivity contribution in [1.29, 1.82) is 0 Å². The van der Waals surface area contributed by atoms with Crippen molar-refractivity contribution in [2.24, 2.45) is 5.92 Å². The molecule has 0 saturated carbocycles. The molecular weight excluding hydrogens is 556 g/mol. The van der Waals surface area contributed by atoms with E-state index in [-0.39, 0.29) is 30.2 Å². The number of nitrogens with one attached hydrogen (secondary N) is 1. The fourth-order valence-electron chi connectivity index (χ4n) is 4.74. The van der Waals surface area contributed by atoms with E-state index in [9.17, 15) is 31.6 Å². The molecule has 4 rings (SSSR count). The zero-order valence-corrected chi connectivity index (χ0v) is 23.7. The summed E-state index contributed by atoms with van der Waals surface area (Å²) in [7, 11) is -3.73. The Balaban J connectivity index is 1.88. The number of benzene rings is 3. The number of sulfone groups is 1. The average molecular weight is 588 g/mol. The van der Waals surface area contributed by atoms with Crippen molar-refractivity contribution < 1.29 is 36.3 Å². The number of anilines is 2. The lowest BCUT2D eigenvalue weighted by molar-refractivity contribution is -0.129. The number of hydrogen-bond acceptors (Lipinski definition) is 6. The van der Waals surface area contributed by atoms with Crippen LogP contribution in [0.1, 0.15) is 25.8 Å². The topological polar surface area (TPSA) is 113 Å². The molecule has 9 nitrogen and oxygen atoms in total. The van der Waals surface area contributed by atoms with Gasteiger partial charge in [-0.2, -0.15) is 8.78 Å². The summed E-state index contributed by atoms with van der Waals surface area (Å²) in [6.45, 7) is -0.163. The standard InChI is InChI=1S/C29H31F2N3O6S/c1-4-18(2)27(36)32-22-16-33(26(35)17-41(3,38)39)23-11-7-8-12-24(23)34(28(22)37)15-21-20-10-6-5-9-19(20)13-14-25(21)40-29(30)31/h5-14,18,22,29H,4,15-17H2,1-3H3,(H,32,36)/t18-,22+/m1/s1. The molecule has 218 valence electrons. The highest BCUT2D eigenvalue weighted by Crippen LogP contribution is 2.37. The maximum absolute atomic E-state index is 14.1. The molecule has 1 aliphatic heterocycles. The van der Waals surface area contributed by atoms with Crippen LogP contribution in [0.2, 0.25) is 0 Å². The molecule has 0 radical (unpaired) electrons. The summed E-state index contributed by atoms with van der Waals surface area (Å²) >= 11 is 0. The lowest BCUT2D eigenvalue weighted by Gasteiger charge is -2.27. The van der Waals surface area contributed by atoms with Gasteiger partial charge >= 0.3 is 6.61 Å². The van der Waals surface area contributed by atoms with Crippen LogP contribution >= 0.6 is 0 Å². The molecule has 0 spiro atoms. The van der Waals surface area contributed by atoms with E-state index in [1.807, 2.05) is 6.92 Å². The quantitative estimate of drug-likeness (QED) is 0.407. The second kappa shape index (κ2) is 12.2. The van der Waals surface area contributed by atoms with Crippen LogP contribution in [-0.4, -0.2) is 57.3 Å². The van der Waals surface area contributed by atoms with Crippen LogP contribution < -0.4 is 19.9 Å². The van der Waals surface area contributed by atoms with E-state index >= 15 is 0 Å². The maximum Gasteiger partial charge on any atom is 0.387 e. The first-order valence-electron chi connectivity index (χ1n) is 13.0. The van der Waals surface area contributed by atoms with E-state index in [4.69, 9.17) is 4.74 Å². The third kappa shape index (κ3) is 6.82. The van der Waals surface area contributed by atoms with Crippen LogP contribution in [0, 0.1) is 5.92 Å². The predicted molar refractivity (Wildman–Crippen MR) is 152 cm³/mol. The number of hydrogen-bond donors (Lipinski definition) is 1.